The van der Waals surface area contributed by atoms with E-state index < -0.39 is 0 Å². The van der Waals surface area contributed by atoms with Crippen LogP contribution in [0.1, 0.15) is 48.0 Å². The SMILES string of the molecule is Cc1cccc(C(=O)N2CCC3(CC2)CO[C@H](CN2CCC[C@H]2CO)C3)c1. The molecule has 3 aliphatic heterocycles. The van der Waals surface area contributed by atoms with E-state index in [9.17, 15) is 9.90 Å². The molecule has 27 heavy (non-hydrogen) atoms. The maximum Gasteiger partial charge on any atom is 0.253 e. The minimum atomic E-state index is 0.159. The van der Waals surface area contributed by atoms with Gasteiger partial charge in [0.25, 0.3) is 5.91 Å². The van der Waals surface area contributed by atoms with Gasteiger partial charge in [0.1, 0.15) is 0 Å². The van der Waals surface area contributed by atoms with Gasteiger partial charge in [-0.1, -0.05) is 17.7 Å². The minimum absolute atomic E-state index is 0.159. The fourth-order valence-corrected chi connectivity index (χ4v) is 5.11. The molecule has 1 amide bonds. The van der Waals surface area contributed by atoms with Gasteiger partial charge < -0.3 is 14.7 Å². The Labute approximate surface area is 162 Å². The molecule has 3 saturated heterocycles. The second kappa shape index (κ2) is 7.90. The van der Waals surface area contributed by atoms with Crippen molar-refractivity contribution in [2.75, 3.05) is 39.4 Å². The van der Waals surface area contributed by atoms with Crippen LogP contribution in [-0.4, -0.2) is 72.4 Å². The van der Waals surface area contributed by atoms with Crippen LogP contribution in [0.2, 0.25) is 0 Å². The molecule has 1 aromatic rings. The highest BCUT2D eigenvalue weighted by atomic mass is 16.5. The van der Waals surface area contributed by atoms with Crippen molar-refractivity contribution in [1.29, 1.82) is 0 Å². The molecule has 0 radical (unpaired) electrons. The number of benzene rings is 1. The van der Waals surface area contributed by atoms with E-state index in [1.54, 1.807) is 0 Å². The molecule has 5 heteroatoms. The highest BCUT2D eigenvalue weighted by Crippen LogP contribution is 2.42. The monoisotopic (exact) mass is 372 g/mol. The number of likely N-dealkylation sites (tertiary alicyclic amines) is 2. The number of aliphatic hydroxyl groups is 1. The van der Waals surface area contributed by atoms with Crippen LogP contribution in [0.5, 0.6) is 0 Å². The van der Waals surface area contributed by atoms with Crippen molar-refractivity contribution >= 4 is 5.91 Å². The molecule has 5 nitrogen and oxygen atoms in total. The number of hydrogen-bond acceptors (Lipinski definition) is 4. The normalized spacial score (nSPS) is 28.1. The first kappa shape index (κ1) is 18.9. The Morgan fingerprint density at radius 3 is 2.85 bits per heavy atom. The minimum Gasteiger partial charge on any atom is -0.395 e. The highest BCUT2D eigenvalue weighted by Gasteiger charge is 2.44. The van der Waals surface area contributed by atoms with Crippen LogP contribution in [0.3, 0.4) is 0 Å². The molecule has 3 fully saturated rings. The molecule has 4 rings (SSSR count). The lowest BCUT2D eigenvalue weighted by atomic mass is 9.76. The van der Waals surface area contributed by atoms with Gasteiger partial charge in [-0.05, 0) is 63.1 Å². The zero-order valence-electron chi connectivity index (χ0n) is 16.4. The second-order valence-electron chi connectivity index (χ2n) is 8.77. The summed E-state index contributed by atoms with van der Waals surface area (Å²) in [6.07, 6.45) is 5.71. The Balaban J connectivity index is 1.30. The summed E-state index contributed by atoms with van der Waals surface area (Å²) in [4.78, 5) is 17.2. The van der Waals surface area contributed by atoms with Gasteiger partial charge >= 0.3 is 0 Å². The molecule has 0 bridgehead atoms. The van der Waals surface area contributed by atoms with Crippen LogP contribution in [0.15, 0.2) is 24.3 Å². The Morgan fingerprint density at radius 2 is 2.11 bits per heavy atom. The van der Waals surface area contributed by atoms with Gasteiger partial charge in [-0.15, -0.1) is 0 Å². The molecule has 1 aromatic carbocycles. The molecule has 2 atom stereocenters. The number of aliphatic hydroxyl groups excluding tert-OH is 1. The number of carbonyl (C=O) groups excluding carboxylic acids is 1. The molecular weight excluding hydrogens is 340 g/mol. The van der Waals surface area contributed by atoms with Crippen LogP contribution >= 0.6 is 0 Å². The van der Waals surface area contributed by atoms with Gasteiger partial charge in [0, 0.05) is 31.2 Å². The molecule has 0 aliphatic carbocycles. The van der Waals surface area contributed by atoms with Crippen molar-refractivity contribution in [2.24, 2.45) is 5.41 Å². The van der Waals surface area contributed by atoms with E-state index in [0.29, 0.717) is 6.04 Å². The summed E-state index contributed by atoms with van der Waals surface area (Å²) < 4.78 is 6.17. The van der Waals surface area contributed by atoms with Crippen molar-refractivity contribution in [3.63, 3.8) is 0 Å². The summed E-state index contributed by atoms with van der Waals surface area (Å²) in [7, 11) is 0. The number of ether oxygens (including phenoxy) is 1. The first-order valence-corrected chi connectivity index (χ1v) is 10.4. The largest absolute Gasteiger partial charge is 0.395 e. The topological polar surface area (TPSA) is 53.0 Å². The van der Waals surface area contributed by atoms with Crippen molar-refractivity contribution in [2.45, 2.75) is 51.2 Å². The third kappa shape index (κ3) is 4.05. The van der Waals surface area contributed by atoms with Crippen molar-refractivity contribution < 1.29 is 14.6 Å². The summed E-state index contributed by atoms with van der Waals surface area (Å²) in [5.41, 5.74) is 2.17. The first-order valence-electron chi connectivity index (χ1n) is 10.4. The van der Waals surface area contributed by atoms with E-state index in [2.05, 4.69) is 4.90 Å². The average Bonchev–Trinajstić information content (AvgIpc) is 3.29. The van der Waals surface area contributed by atoms with E-state index in [0.717, 1.165) is 69.6 Å². The first-order chi connectivity index (χ1) is 13.1. The van der Waals surface area contributed by atoms with E-state index in [1.807, 2.05) is 36.1 Å². The molecular formula is C22H32N2O3. The number of amides is 1. The van der Waals surface area contributed by atoms with Crippen LogP contribution in [-0.2, 0) is 4.74 Å². The van der Waals surface area contributed by atoms with Gasteiger partial charge in [-0.2, -0.15) is 0 Å². The lowest BCUT2D eigenvalue weighted by molar-refractivity contribution is 0.0401. The van der Waals surface area contributed by atoms with Crippen molar-refractivity contribution in [3.05, 3.63) is 35.4 Å². The van der Waals surface area contributed by atoms with E-state index in [-0.39, 0.29) is 24.0 Å². The molecule has 0 unspecified atom stereocenters. The number of nitrogens with zero attached hydrogens (tertiary/aromatic N) is 2. The molecule has 1 N–H and O–H groups in total. The van der Waals surface area contributed by atoms with Gasteiger partial charge in [-0.3, -0.25) is 9.69 Å². The number of carbonyl (C=O) groups is 1. The van der Waals surface area contributed by atoms with Crippen LogP contribution < -0.4 is 0 Å². The van der Waals surface area contributed by atoms with Crippen molar-refractivity contribution in [3.8, 4) is 0 Å². The van der Waals surface area contributed by atoms with Crippen LogP contribution in [0.4, 0.5) is 0 Å². The third-order valence-electron chi connectivity index (χ3n) is 6.81. The quantitative estimate of drug-likeness (QED) is 0.882. The summed E-state index contributed by atoms with van der Waals surface area (Å²) >= 11 is 0. The van der Waals surface area contributed by atoms with E-state index in [1.165, 1.54) is 6.42 Å². The van der Waals surface area contributed by atoms with Crippen LogP contribution in [0.25, 0.3) is 0 Å². The number of aryl methyl sites for hydroxylation is 1. The summed E-state index contributed by atoms with van der Waals surface area (Å²) in [6.45, 7) is 6.78. The molecule has 148 valence electrons. The maximum atomic E-state index is 12.8. The lowest BCUT2D eigenvalue weighted by Crippen LogP contribution is -2.44. The predicted octanol–water partition coefficient (Wildman–Crippen LogP) is 2.46. The Morgan fingerprint density at radius 1 is 1.30 bits per heavy atom. The fourth-order valence-electron chi connectivity index (χ4n) is 5.11. The maximum absolute atomic E-state index is 12.8. The number of rotatable bonds is 4. The van der Waals surface area contributed by atoms with Gasteiger partial charge in [0.05, 0.1) is 19.3 Å². The lowest BCUT2D eigenvalue weighted by Gasteiger charge is -2.38. The predicted molar refractivity (Wildman–Crippen MR) is 105 cm³/mol. The second-order valence-corrected chi connectivity index (χ2v) is 8.77. The Kier molecular flexibility index (Phi) is 5.53. The molecule has 1 spiro atoms. The molecule has 3 heterocycles. The summed E-state index contributed by atoms with van der Waals surface area (Å²) in [5.74, 6) is 0.159. The summed E-state index contributed by atoms with van der Waals surface area (Å²) in [6, 6.07) is 8.21. The molecule has 0 aromatic heterocycles. The zero-order valence-corrected chi connectivity index (χ0v) is 16.4. The highest BCUT2D eigenvalue weighted by molar-refractivity contribution is 5.94. The summed E-state index contributed by atoms with van der Waals surface area (Å²) in [5, 5.41) is 9.52. The fraction of sp³-hybridized carbons (Fsp3) is 0.682. The zero-order chi connectivity index (χ0) is 18.9. The smallest absolute Gasteiger partial charge is 0.253 e. The van der Waals surface area contributed by atoms with E-state index in [4.69, 9.17) is 4.74 Å². The van der Waals surface area contributed by atoms with Gasteiger partial charge in [0.2, 0.25) is 0 Å². The third-order valence-corrected chi connectivity index (χ3v) is 6.81. The van der Waals surface area contributed by atoms with Crippen molar-refractivity contribution in [1.82, 2.24) is 9.80 Å². The average molecular weight is 373 g/mol. The Hall–Kier alpha value is -1.43. The Bertz CT molecular complexity index is 669. The van der Waals surface area contributed by atoms with E-state index >= 15 is 0 Å². The van der Waals surface area contributed by atoms with Gasteiger partial charge in [0.15, 0.2) is 0 Å². The number of hydrogen-bond donors (Lipinski definition) is 1. The number of piperidine rings is 1. The van der Waals surface area contributed by atoms with Crippen LogP contribution in [0, 0.1) is 12.3 Å². The molecule has 0 saturated carbocycles. The van der Waals surface area contributed by atoms with Gasteiger partial charge in [-0.25, -0.2) is 0 Å². The molecule has 3 aliphatic rings. The standard InChI is InChI=1S/C22H32N2O3/c1-17-4-2-5-18(12-17)21(26)23-10-7-22(8-11-23)13-20(27-16-22)14-24-9-3-6-19(24)15-25/h2,4-5,12,19-20,25H,3,6-11,13-16H2,1H3/t19-,20-/m0/s1.